The second kappa shape index (κ2) is 4.07. The Bertz CT molecular complexity index is 472. The lowest BCUT2D eigenvalue weighted by Gasteiger charge is -2.32. The molecule has 0 aliphatic carbocycles. The highest BCUT2D eigenvalue weighted by Gasteiger charge is 2.52. The molecule has 2 rings (SSSR count). The number of nitrogens with zero attached hydrogens (tertiary/aromatic N) is 1. The summed E-state index contributed by atoms with van der Waals surface area (Å²) in [7, 11) is -0.597. The topological polar surface area (TPSA) is 74.4 Å². The zero-order valence-electron chi connectivity index (χ0n) is 11.1. The fourth-order valence-corrected chi connectivity index (χ4v) is 1.77. The van der Waals surface area contributed by atoms with Crippen molar-refractivity contribution in [3.8, 4) is 0 Å². The van der Waals surface area contributed by atoms with Crippen molar-refractivity contribution in [1.82, 2.24) is 4.98 Å². The summed E-state index contributed by atoms with van der Waals surface area (Å²) in [5.41, 5.74) is 5.80. The fourth-order valence-electron chi connectivity index (χ4n) is 1.77. The third kappa shape index (κ3) is 2.02. The number of nitrogens with two attached hydrogens (primary N) is 1. The molecule has 1 aliphatic rings. The van der Waals surface area contributed by atoms with Crippen LogP contribution in [0.2, 0.25) is 0 Å². The van der Waals surface area contributed by atoms with Crippen molar-refractivity contribution in [2.45, 2.75) is 38.9 Å². The van der Waals surface area contributed by atoms with Crippen LogP contribution in [0.5, 0.6) is 0 Å². The second-order valence-electron chi connectivity index (χ2n) is 5.44. The van der Waals surface area contributed by atoms with Crippen molar-refractivity contribution >= 4 is 24.7 Å². The van der Waals surface area contributed by atoms with Gasteiger partial charge in [0, 0.05) is 11.8 Å². The molecule has 1 aromatic heterocycles. The molecule has 6 heteroatoms. The van der Waals surface area contributed by atoms with Gasteiger partial charge in [-0.05, 0) is 39.2 Å². The molecule has 18 heavy (non-hydrogen) atoms. The van der Waals surface area contributed by atoms with Crippen LogP contribution in [-0.2, 0) is 9.31 Å². The van der Waals surface area contributed by atoms with Gasteiger partial charge in [0.1, 0.15) is 5.82 Å². The number of hydrogen-bond acceptors (Lipinski definition) is 5. The van der Waals surface area contributed by atoms with Crippen LogP contribution in [0.25, 0.3) is 0 Å². The molecule has 0 amide bonds. The lowest BCUT2D eigenvalue weighted by atomic mass is 9.77. The van der Waals surface area contributed by atoms with Crippen LogP contribution >= 0.6 is 0 Å². The first-order valence-corrected chi connectivity index (χ1v) is 5.83. The van der Waals surface area contributed by atoms with Gasteiger partial charge >= 0.3 is 7.12 Å². The first kappa shape index (κ1) is 13.0. The SMILES string of the molecule is CC1(C)OB(c2cc(N)ncc2C=O)OC1(C)C. The minimum atomic E-state index is -0.597. The van der Waals surface area contributed by atoms with Crippen molar-refractivity contribution in [2.75, 3.05) is 5.73 Å². The van der Waals surface area contributed by atoms with E-state index in [0.29, 0.717) is 16.8 Å². The summed E-state index contributed by atoms with van der Waals surface area (Å²) in [5.74, 6) is 0.338. The summed E-state index contributed by atoms with van der Waals surface area (Å²) in [6.07, 6.45) is 2.16. The molecule has 0 saturated carbocycles. The number of carbonyl (C=O) groups excluding carboxylic acids is 1. The zero-order chi connectivity index (χ0) is 13.6. The number of nitrogen functional groups attached to an aromatic ring is 1. The number of pyridine rings is 1. The molecular weight excluding hydrogens is 231 g/mol. The Balaban J connectivity index is 2.40. The van der Waals surface area contributed by atoms with E-state index in [9.17, 15) is 4.79 Å². The maximum Gasteiger partial charge on any atom is 0.495 e. The number of hydrogen-bond donors (Lipinski definition) is 1. The standard InChI is InChI=1S/C12H17BN2O3/c1-11(2)12(3,4)18-13(17-11)9-5-10(14)15-6-8(9)7-16/h5-7H,1-4H3,(H2,14,15). The number of anilines is 1. The highest BCUT2D eigenvalue weighted by atomic mass is 16.7. The lowest BCUT2D eigenvalue weighted by molar-refractivity contribution is 0.00578. The van der Waals surface area contributed by atoms with Crippen LogP contribution in [0.3, 0.4) is 0 Å². The Morgan fingerprint density at radius 3 is 2.33 bits per heavy atom. The van der Waals surface area contributed by atoms with E-state index in [1.165, 1.54) is 6.20 Å². The average Bonchev–Trinajstić information content (AvgIpc) is 2.48. The quantitative estimate of drug-likeness (QED) is 0.618. The van der Waals surface area contributed by atoms with Crippen LogP contribution in [0.1, 0.15) is 38.1 Å². The third-order valence-electron chi connectivity index (χ3n) is 3.62. The minimum Gasteiger partial charge on any atom is -0.399 e. The Kier molecular flexibility index (Phi) is 2.95. The average molecular weight is 248 g/mol. The van der Waals surface area contributed by atoms with E-state index < -0.39 is 18.3 Å². The summed E-state index contributed by atoms with van der Waals surface area (Å²) in [6, 6.07) is 1.62. The number of aromatic nitrogens is 1. The molecule has 96 valence electrons. The van der Waals surface area contributed by atoms with Gasteiger partial charge < -0.3 is 15.0 Å². The largest absolute Gasteiger partial charge is 0.495 e. The minimum absolute atomic E-state index is 0.338. The third-order valence-corrected chi connectivity index (χ3v) is 3.62. The zero-order valence-corrected chi connectivity index (χ0v) is 11.1. The van der Waals surface area contributed by atoms with Gasteiger partial charge in [0.15, 0.2) is 6.29 Å². The van der Waals surface area contributed by atoms with Crippen molar-refractivity contribution < 1.29 is 14.1 Å². The summed E-state index contributed by atoms with van der Waals surface area (Å²) in [5, 5.41) is 0. The smallest absolute Gasteiger partial charge is 0.399 e. The summed E-state index contributed by atoms with van der Waals surface area (Å²) in [4.78, 5) is 14.9. The van der Waals surface area contributed by atoms with Crippen molar-refractivity contribution in [1.29, 1.82) is 0 Å². The maximum absolute atomic E-state index is 11.0. The molecule has 0 atom stereocenters. The van der Waals surface area contributed by atoms with Crippen molar-refractivity contribution in [2.24, 2.45) is 0 Å². The summed E-state index contributed by atoms with van der Waals surface area (Å²) < 4.78 is 11.8. The first-order chi connectivity index (χ1) is 8.27. The van der Waals surface area contributed by atoms with Crippen LogP contribution in [0.15, 0.2) is 12.3 Å². The van der Waals surface area contributed by atoms with E-state index in [4.69, 9.17) is 15.0 Å². The number of rotatable bonds is 2. The molecular formula is C12H17BN2O3. The molecule has 0 bridgehead atoms. The van der Waals surface area contributed by atoms with Gasteiger partial charge in [-0.3, -0.25) is 4.79 Å². The summed E-state index contributed by atoms with van der Waals surface area (Å²) >= 11 is 0. The lowest BCUT2D eigenvalue weighted by Crippen LogP contribution is -2.41. The molecule has 0 radical (unpaired) electrons. The van der Waals surface area contributed by atoms with Crippen molar-refractivity contribution in [3.05, 3.63) is 17.8 Å². The molecule has 0 aromatic carbocycles. The highest BCUT2D eigenvalue weighted by Crippen LogP contribution is 2.36. The molecule has 1 fully saturated rings. The predicted molar refractivity (Wildman–Crippen MR) is 69.8 cm³/mol. The van der Waals surface area contributed by atoms with Crippen LogP contribution in [0, 0.1) is 0 Å². The van der Waals surface area contributed by atoms with Crippen LogP contribution in [-0.4, -0.2) is 29.6 Å². The van der Waals surface area contributed by atoms with Gasteiger partial charge in [-0.1, -0.05) is 0 Å². The Morgan fingerprint density at radius 1 is 1.28 bits per heavy atom. The molecule has 5 nitrogen and oxygen atoms in total. The predicted octanol–water partition coefficient (Wildman–Crippen LogP) is 0.775. The van der Waals surface area contributed by atoms with E-state index in [1.807, 2.05) is 27.7 Å². The molecule has 1 saturated heterocycles. The summed E-state index contributed by atoms with van der Waals surface area (Å²) in [6.45, 7) is 7.83. The Hall–Kier alpha value is -1.40. The highest BCUT2D eigenvalue weighted by molar-refractivity contribution is 6.63. The van der Waals surface area contributed by atoms with Gasteiger partial charge in [-0.25, -0.2) is 4.98 Å². The van der Waals surface area contributed by atoms with E-state index in [1.54, 1.807) is 6.07 Å². The molecule has 2 N–H and O–H groups in total. The first-order valence-electron chi connectivity index (χ1n) is 5.83. The number of carbonyl (C=O) groups is 1. The fraction of sp³-hybridized carbons (Fsp3) is 0.500. The normalized spacial score (nSPS) is 21.0. The molecule has 1 aliphatic heterocycles. The van der Waals surface area contributed by atoms with Gasteiger partial charge in [0.05, 0.1) is 11.2 Å². The van der Waals surface area contributed by atoms with Gasteiger partial charge in [-0.15, -0.1) is 0 Å². The van der Waals surface area contributed by atoms with Gasteiger partial charge in [0.2, 0.25) is 0 Å². The molecule has 1 aromatic rings. The number of aldehydes is 1. The molecule has 0 unspecified atom stereocenters. The molecule has 2 heterocycles. The van der Waals surface area contributed by atoms with Gasteiger partial charge in [-0.2, -0.15) is 0 Å². The van der Waals surface area contributed by atoms with Crippen LogP contribution < -0.4 is 11.2 Å². The van der Waals surface area contributed by atoms with E-state index in [-0.39, 0.29) is 0 Å². The maximum atomic E-state index is 11.0. The second-order valence-corrected chi connectivity index (χ2v) is 5.44. The van der Waals surface area contributed by atoms with E-state index >= 15 is 0 Å². The Morgan fingerprint density at radius 2 is 1.83 bits per heavy atom. The van der Waals surface area contributed by atoms with E-state index in [2.05, 4.69) is 4.98 Å². The van der Waals surface area contributed by atoms with Crippen molar-refractivity contribution in [3.63, 3.8) is 0 Å². The van der Waals surface area contributed by atoms with E-state index in [0.717, 1.165) is 6.29 Å². The molecule has 0 spiro atoms. The monoisotopic (exact) mass is 248 g/mol. The Labute approximate surface area is 107 Å². The van der Waals surface area contributed by atoms with Gasteiger partial charge in [0.25, 0.3) is 0 Å². The van der Waals surface area contributed by atoms with Crippen LogP contribution in [0.4, 0.5) is 5.82 Å².